The van der Waals surface area contributed by atoms with Gasteiger partial charge in [0.25, 0.3) is 11.7 Å². The van der Waals surface area contributed by atoms with Crippen molar-refractivity contribution in [3.05, 3.63) is 34.2 Å². The third-order valence-electron chi connectivity index (χ3n) is 5.23. The fraction of sp³-hybridized carbons (Fsp3) is 0.550. The molecule has 0 bridgehead atoms. The van der Waals surface area contributed by atoms with E-state index in [4.69, 9.17) is 10.3 Å². The molecule has 0 aromatic carbocycles. The first-order valence-electron chi connectivity index (χ1n) is 9.76. The van der Waals surface area contributed by atoms with Crippen LogP contribution in [0.25, 0.3) is 0 Å². The molecule has 0 saturated carbocycles. The number of ketones is 1. The van der Waals surface area contributed by atoms with Crippen molar-refractivity contribution >= 4 is 17.6 Å². The molecule has 2 aromatic heterocycles. The van der Waals surface area contributed by atoms with Gasteiger partial charge >= 0.3 is 0 Å². The number of nitrogens with two attached hydrogens (primary N) is 1. The van der Waals surface area contributed by atoms with Gasteiger partial charge in [0.2, 0.25) is 11.8 Å². The predicted octanol–water partition coefficient (Wildman–Crippen LogP) is 1.70. The number of aromatic nitrogens is 3. The Morgan fingerprint density at radius 1 is 1.31 bits per heavy atom. The summed E-state index contributed by atoms with van der Waals surface area (Å²) in [6, 6.07) is 0. The van der Waals surface area contributed by atoms with Gasteiger partial charge in [-0.2, -0.15) is 4.98 Å². The van der Waals surface area contributed by atoms with Crippen molar-refractivity contribution in [3.8, 4) is 0 Å². The van der Waals surface area contributed by atoms with Crippen molar-refractivity contribution in [3.63, 3.8) is 0 Å². The van der Waals surface area contributed by atoms with E-state index in [2.05, 4.69) is 40.8 Å². The Bertz CT molecular complexity index is 970. The Hall–Kier alpha value is -2.97. The van der Waals surface area contributed by atoms with Crippen LogP contribution >= 0.6 is 0 Å². The number of primary amides is 1. The molecule has 9 heteroatoms. The molecular formula is C20H27N5O4. The summed E-state index contributed by atoms with van der Waals surface area (Å²) in [7, 11) is 0. The highest BCUT2D eigenvalue weighted by Gasteiger charge is 2.36. The first-order valence-corrected chi connectivity index (χ1v) is 9.76. The maximum absolute atomic E-state index is 12.9. The van der Waals surface area contributed by atoms with Crippen LogP contribution in [0.3, 0.4) is 0 Å². The fourth-order valence-corrected chi connectivity index (χ4v) is 3.97. The van der Waals surface area contributed by atoms with E-state index in [-0.39, 0.29) is 41.8 Å². The summed E-state index contributed by atoms with van der Waals surface area (Å²) in [5.74, 6) is -1.11. The SMILES string of the molecule is CCCn1c(C)c(CC(=O)NCc2nc(C(N)=O)no2)c2c1CC(C)(C)CC2=O. The normalized spacial score (nSPS) is 15.2. The van der Waals surface area contributed by atoms with Crippen LogP contribution in [0, 0.1) is 12.3 Å². The minimum atomic E-state index is -0.799. The highest BCUT2D eigenvalue weighted by Crippen LogP contribution is 2.39. The number of Topliss-reactive ketones (excluding diaryl/α,β-unsaturated/α-hetero) is 1. The molecule has 3 rings (SSSR count). The number of hydrogen-bond acceptors (Lipinski definition) is 6. The van der Waals surface area contributed by atoms with Gasteiger partial charge in [-0.05, 0) is 30.7 Å². The quantitative estimate of drug-likeness (QED) is 0.725. The molecule has 0 spiro atoms. The van der Waals surface area contributed by atoms with Crippen molar-refractivity contribution in [2.75, 3.05) is 0 Å². The summed E-state index contributed by atoms with van der Waals surface area (Å²) in [6.45, 7) is 9.06. The lowest BCUT2D eigenvalue weighted by Crippen LogP contribution is -2.29. The molecule has 0 fully saturated rings. The Morgan fingerprint density at radius 3 is 2.66 bits per heavy atom. The molecule has 0 unspecified atom stereocenters. The molecule has 2 heterocycles. The van der Waals surface area contributed by atoms with Crippen LogP contribution in [-0.2, 0) is 30.7 Å². The van der Waals surface area contributed by atoms with Crippen LogP contribution < -0.4 is 11.1 Å². The van der Waals surface area contributed by atoms with E-state index < -0.39 is 5.91 Å². The Balaban J connectivity index is 1.80. The second kappa shape index (κ2) is 7.81. The zero-order chi connectivity index (χ0) is 21.3. The summed E-state index contributed by atoms with van der Waals surface area (Å²) in [4.78, 5) is 40.3. The van der Waals surface area contributed by atoms with Gasteiger partial charge in [0.05, 0.1) is 13.0 Å². The topological polar surface area (TPSA) is 133 Å². The van der Waals surface area contributed by atoms with Gasteiger partial charge in [-0.15, -0.1) is 0 Å². The molecule has 1 aliphatic rings. The van der Waals surface area contributed by atoms with Crippen molar-refractivity contribution in [2.45, 2.75) is 66.5 Å². The second-order valence-electron chi connectivity index (χ2n) is 8.31. The molecule has 9 nitrogen and oxygen atoms in total. The molecule has 2 amide bonds. The van der Waals surface area contributed by atoms with E-state index in [0.717, 1.165) is 36.3 Å². The van der Waals surface area contributed by atoms with E-state index in [9.17, 15) is 14.4 Å². The molecule has 29 heavy (non-hydrogen) atoms. The average molecular weight is 401 g/mol. The number of nitrogens with zero attached hydrogens (tertiary/aromatic N) is 3. The summed E-state index contributed by atoms with van der Waals surface area (Å²) in [5, 5.41) is 6.13. The number of carbonyl (C=O) groups is 3. The average Bonchev–Trinajstić information content (AvgIpc) is 3.19. The zero-order valence-corrected chi connectivity index (χ0v) is 17.3. The van der Waals surface area contributed by atoms with Crippen LogP contribution in [0.4, 0.5) is 0 Å². The lowest BCUT2D eigenvalue weighted by Gasteiger charge is -2.30. The molecule has 3 N–H and O–H groups in total. The minimum Gasteiger partial charge on any atom is -0.363 e. The van der Waals surface area contributed by atoms with Gasteiger partial charge in [0.1, 0.15) is 0 Å². The van der Waals surface area contributed by atoms with Gasteiger partial charge < -0.3 is 20.1 Å². The van der Waals surface area contributed by atoms with E-state index >= 15 is 0 Å². The van der Waals surface area contributed by atoms with Gasteiger partial charge in [-0.3, -0.25) is 14.4 Å². The summed E-state index contributed by atoms with van der Waals surface area (Å²) in [5.41, 5.74) is 8.49. The van der Waals surface area contributed by atoms with Crippen molar-refractivity contribution in [1.82, 2.24) is 20.0 Å². The number of nitrogens with one attached hydrogen (secondary N) is 1. The molecular weight excluding hydrogens is 374 g/mol. The van der Waals surface area contributed by atoms with Crippen LogP contribution in [0.5, 0.6) is 0 Å². The molecule has 0 atom stereocenters. The molecule has 0 saturated heterocycles. The van der Waals surface area contributed by atoms with Gasteiger partial charge in [-0.25, -0.2) is 0 Å². The predicted molar refractivity (Wildman–Crippen MR) is 104 cm³/mol. The Labute approximate surface area is 169 Å². The van der Waals surface area contributed by atoms with Crippen LogP contribution in [0.1, 0.15) is 77.4 Å². The lowest BCUT2D eigenvalue weighted by atomic mass is 9.75. The third-order valence-corrected chi connectivity index (χ3v) is 5.23. The minimum absolute atomic E-state index is 0.0169. The van der Waals surface area contributed by atoms with Crippen molar-refractivity contribution in [1.29, 1.82) is 0 Å². The van der Waals surface area contributed by atoms with Gasteiger partial charge in [0, 0.05) is 29.9 Å². The lowest BCUT2D eigenvalue weighted by molar-refractivity contribution is -0.120. The summed E-state index contributed by atoms with van der Waals surface area (Å²) >= 11 is 0. The maximum atomic E-state index is 12.9. The van der Waals surface area contributed by atoms with E-state index in [1.165, 1.54) is 0 Å². The van der Waals surface area contributed by atoms with Crippen LogP contribution in [0.15, 0.2) is 4.52 Å². The molecule has 0 radical (unpaired) electrons. The zero-order valence-electron chi connectivity index (χ0n) is 17.3. The third kappa shape index (κ3) is 4.23. The number of carbonyl (C=O) groups excluding carboxylic acids is 3. The van der Waals surface area contributed by atoms with E-state index in [0.29, 0.717) is 12.0 Å². The highest BCUT2D eigenvalue weighted by molar-refractivity contribution is 6.01. The number of fused-ring (bicyclic) bond motifs is 1. The number of amides is 2. The van der Waals surface area contributed by atoms with Crippen molar-refractivity contribution < 1.29 is 18.9 Å². The largest absolute Gasteiger partial charge is 0.363 e. The standard InChI is InChI=1S/C20H27N5O4/c1-5-6-25-11(2)12(17-13(25)8-20(3,4)9-14(17)26)7-15(27)22-10-16-23-19(18(21)28)24-29-16/h5-10H2,1-4H3,(H2,21,28)(H,22,27). The highest BCUT2D eigenvalue weighted by atomic mass is 16.5. The molecule has 2 aromatic rings. The molecule has 1 aliphatic carbocycles. The Morgan fingerprint density at radius 2 is 2.03 bits per heavy atom. The Kier molecular flexibility index (Phi) is 5.59. The van der Waals surface area contributed by atoms with E-state index in [1.54, 1.807) is 0 Å². The molecule has 0 aliphatic heterocycles. The summed E-state index contributed by atoms with van der Waals surface area (Å²) in [6.07, 6.45) is 2.33. The smallest absolute Gasteiger partial charge is 0.290 e. The van der Waals surface area contributed by atoms with Crippen molar-refractivity contribution in [2.24, 2.45) is 11.1 Å². The van der Waals surface area contributed by atoms with E-state index in [1.807, 2.05) is 6.92 Å². The monoisotopic (exact) mass is 401 g/mol. The first-order chi connectivity index (χ1) is 13.6. The number of rotatable bonds is 7. The van der Waals surface area contributed by atoms with Gasteiger partial charge in [-0.1, -0.05) is 25.9 Å². The molecule has 156 valence electrons. The fourth-order valence-electron chi connectivity index (χ4n) is 3.97. The van der Waals surface area contributed by atoms with Crippen LogP contribution in [0.2, 0.25) is 0 Å². The maximum Gasteiger partial charge on any atom is 0.290 e. The summed E-state index contributed by atoms with van der Waals surface area (Å²) < 4.78 is 7.07. The van der Waals surface area contributed by atoms with Gasteiger partial charge in [0.15, 0.2) is 5.78 Å². The number of hydrogen-bond donors (Lipinski definition) is 2. The second-order valence-corrected chi connectivity index (χ2v) is 8.31. The first kappa shape index (κ1) is 20.8. The van der Waals surface area contributed by atoms with Crippen LogP contribution in [-0.4, -0.2) is 32.3 Å².